The van der Waals surface area contributed by atoms with Crippen LogP contribution in [-0.2, 0) is 0 Å². The molecule has 0 saturated heterocycles. The number of halogens is 1. The maximum atomic E-state index is 12.9. The lowest BCUT2D eigenvalue weighted by Gasteiger charge is -2.01. The molecule has 0 N–H and O–H groups in total. The van der Waals surface area contributed by atoms with Crippen molar-refractivity contribution >= 4 is 27.8 Å². The molecule has 0 spiro atoms. The number of rotatable bonds is 3. The van der Waals surface area contributed by atoms with Gasteiger partial charge < -0.3 is 4.74 Å². The lowest BCUT2D eigenvalue weighted by molar-refractivity contribution is 0.101. The molecular weight excluding hydrogens is 440 g/mol. The first-order valence-corrected chi connectivity index (χ1v) is 10.3. The van der Waals surface area contributed by atoms with Gasteiger partial charge in [-0.1, -0.05) is 57.9 Å². The minimum Gasteiger partial charge on any atom is -0.452 e. The molecule has 5 heteroatoms. The Morgan fingerprint density at radius 2 is 1.77 bits per heavy atom. The van der Waals surface area contributed by atoms with Crippen LogP contribution in [0.1, 0.15) is 21.5 Å². The number of aryl methyl sites for hydroxylation is 1. The van der Waals surface area contributed by atoms with E-state index >= 15 is 0 Å². The van der Waals surface area contributed by atoms with E-state index in [9.17, 15) is 4.79 Å². The number of benzene rings is 3. The van der Waals surface area contributed by atoms with Gasteiger partial charge in [0.1, 0.15) is 11.4 Å². The Bertz CT molecular complexity index is 1290. The van der Waals surface area contributed by atoms with Gasteiger partial charge in [0.15, 0.2) is 5.76 Å². The van der Waals surface area contributed by atoms with Crippen LogP contribution in [-0.4, -0.2) is 15.6 Å². The highest BCUT2D eigenvalue weighted by Crippen LogP contribution is 2.34. The number of aromatic nitrogens is 2. The SMILES string of the molecule is Cc1ccc2c(c1)C(=O)/C(=C/c1cn(-c3ccccc3)nc1-c1ccc(Br)cc1)O2. The van der Waals surface area contributed by atoms with Crippen molar-refractivity contribution in [2.75, 3.05) is 0 Å². The summed E-state index contributed by atoms with van der Waals surface area (Å²) in [7, 11) is 0. The van der Waals surface area contributed by atoms with Crippen molar-refractivity contribution in [1.29, 1.82) is 0 Å². The molecular formula is C25H17BrN2O2. The molecule has 0 bridgehead atoms. The lowest BCUT2D eigenvalue weighted by atomic mass is 10.1. The number of para-hydroxylation sites is 1. The van der Waals surface area contributed by atoms with Crippen molar-refractivity contribution in [2.45, 2.75) is 6.92 Å². The van der Waals surface area contributed by atoms with Crippen LogP contribution in [0.2, 0.25) is 0 Å². The van der Waals surface area contributed by atoms with Crippen molar-refractivity contribution in [3.05, 3.63) is 106 Å². The van der Waals surface area contributed by atoms with E-state index in [4.69, 9.17) is 9.84 Å². The number of nitrogens with zero attached hydrogens (tertiary/aromatic N) is 2. The largest absolute Gasteiger partial charge is 0.452 e. The second-order valence-corrected chi connectivity index (χ2v) is 8.08. The number of ether oxygens (including phenoxy) is 1. The predicted molar refractivity (Wildman–Crippen MR) is 121 cm³/mol. The minimum absolute atomic E-state index is 0.108. The minimum atomic E-state index is -0.108. The van der Waals surface area contributed by atoms with Gasteiger partial charge in [-0.2, -0.15) is 5.10 Å². The van der Waals surface area contributed by atoms with Gasteiger partial charge in [-0.25, -0.2) is 4.68 Å². The molecule has 30 heavy (non-hydrogen) atoms. The van der Waals surface area contributed by atoms with Crippen LogP contribution in [0.3, 0.4) is 0 Å². The summed E-state index contributed by atoms with van der Waals surface area (Å²) >= 11 is 3.48. The second kappa shape index (κ2) is 7.43. The zero-order chi connectivity index (χ0) is 20.7. The van der Waals surface area contributed by atoms with Gasteiger partial charge in [-0.05, 0) is 49.4 Å². The van der Waals surface area contributed by atoms with Crippen molar-refractivity contribution in [1.82, 2.24) is 9.78 Å². The summed E-state index contributed by atoms with van der Waals surface area (Å²) in [4.78, 5) is 12.9. The Labute approximate surface area is 182 Å². The summed E-state index contributed by atoms with van der Waals surface area (Å²) < 4.78 is 8.68. The van der Waals surface area contributed by atoms with Gasteiger partial charge in [0, 0.05) is 21.8 Å². The van der Waals surface area contributed by atoms with Gasteiger partial charge >= 0.3 is 0 Å². The fourth-order valence-corrected chi connectivity index (χ4v) is 3.75. The molecule has 1 aliphatic rings. The van der Waals surface area contributed by atoms with Crippen LogP contribution in [0.15, 0.2) is 89.2 Å². The summed E-state index contributed by atoms with van der Waals surface area (Å²) in [5, 5.41) is 4.80. The average Bonchev–Trinajstić information content (AvgIpc) is 3.31. The van der Waals surface area contributed by atoms with Crippen molar-refractivity contribution in [3.8, 4) is 22.7 Å². The third-order valence-corrected chi connectivity index (χ3v) is 5.52. The monoisotopic (exact) mass is 456 g/mol. The molecule has 4 nitrogen and oxygen atoms in total. The summed E-state index contributed by atoms with van der Waals surface area (Å²) in [6.07, 6.45) is 3.70. The van der Waals surface area contributed by atoms with E-state index in [2.05, 4.69) is 15.9 Å². The number of Topliss-reactive ketones (excluding diaryl/α,β-unsaturated/α-hetero) is 1. The molecule has 0 aliphatic carbocycles. The molecule has 0 atom stereocenters. The Morgan fingerprint density at radius 3 is 2.53 bits per heavy atom. The number of hydrogen-bond donors (Lipinski definition) is 0. The summed E-state index contributed by atoms with van der Waals surface area (Å²) in [5.74, 6) is 0.794. The van der Waals surface area contributed by atoms with E-state index in [1.54, 1.807) is 6.08 Å². The summed E-state index contributed by atoms with van der Waals surface area (Å²) in [5.41, 5.74) is 5.12. The van der Waals surface area contributed by atoms with Gasteiger partial charge in [0.05, 0.1) is 11.3 Å². The van der Waals surface area contributed by atoms with Crippen LogP contribution >= 0.6 is 15.9 Å². The van der Waals surface area contributed by atoms with E-state index in [0.717, 1.165) is 32.5 Å². The normalized spacial score (nSPS) is 14.1. The third-order valence-electron chi connectivity index (χ3n) is 4.99. The maximum absolute atomic E-state index is 12.9. The third kappa shape index (κ3) is 3.37. The Hall–Kier alpha value is -3.44. The van der Waals surface area contributed by atoms with E-state index in [-0.39, 0.29) is 5.78 Å². The number of carbonyl (C=O) groups is 1. The molecule has 0 saturated carbocycles. The van der Waals surface area contributed by atoms with Crippen LogP contribution in [0.5, 0.6) is 5.75 Å². The molecule has 4 aromatic rings. The molecule has 3 aromatic carbocycles. The number of hydrogen-bond acceptors (Lipinski definition) is 3. The first-order chi connectivity index (χ1) is 14.6. The predicted octanol–water partition coefficient (Wildman–Crippen LogP) is 6.23. The van der Waals surface area contributed by atoms with Gasteiger partial charge in [0.2, 0.25) is 5.78 Å². The topological polar surface area (TPSA) is 44.1 Å². The maximum Gasteiger partial charge on any atom is 0.231 e. The Kier molecular flexibility index (Phi) is 4.60. The van der Waals surface area contributed by atoms with Crippen LogP contribution in [0, 0.1) is 6.92 Å². The Morgan fingerprint density at radius 1 is 1.00 bits per heavy atom. The lowest BCUT2D eigenvalue weighted by Crippen LogP contribution is -1.98. The molecule has 1 aromatic heterocycles. The molecule has 0 radical (unpaired) electrons. The van der Waals surface area contributed by atoms with Crippen LogP contribution < -0.4 is 4.74 Å². The quantitative estimate of drug-likeness (QED) is 0.343. The smallest absolute Gasteiger partial charge is 0.231 e. The second-order valence-electron chi connectivity index (χ2n) is 7.16. The van der Waals surface area contributed by atoms with Crippen LogP contribution in [0.25, 0.3) is 23.0 Å². The van der Waals surface area contributed by atoms with Crippen molar-refractivity contribution < 1.29 is 9.53 Å². The highest BCUT2D eigenvalue weighted by Gasteiger charge is 2.28. The van der Waals surface area contributed by atoms with E-state index in [1.165, 1.54) is 0 Å². The van der Waals surface area contributed by atoms with Gasteiger partial charge in [-0.3, -0.25) is 4.79 Å². The molecule has 0 amide bonds. The fourth-order valence-electron chi connectivity index (χ4n) is 3.48. The highest BCUT2D eigenvalue weighted by molar-refractivity contribution is 9.10. The van der Waals surface area contributed by atoms with Gasteiger partial charge in [-0.15, -0.1) is 0 Å². The first-order valence-electron chi connectivity index (χ1n) is 9.54. The molecule has 0 unspecified atom stereocenters. The zero-order valence-corrected chi connectivity index (χ0v) is 17.8. The van der Waals surface area contributed by atoms with Crippen molar-refractivity contribution in [3.63, 3.8) is 0 Å². The molecule has 146 valence electrons. The summed E-state index contributed by atoms with van der Waals surface area (Å²) in [6, 6.07) is 23.5. The number of allylic oxidation sites excluding steroid dienone is 1. The molecule has 1 aliphatic heterocycles. The number of fused-ring (bicyclic) bond motifs is 1. The zero-order valence-electron chi connectivity index (χ0n) is 16.2. The standard InChI is InChI=1S/C25H17BrN2O2/c1-16-7-12-22-21(13-16)25(29)23(30-22)14-18-15-28(20-5-3-2-4-6-20)27-24(18)17-8-10-19(26)11-9-17/h2-15H,1H3/b23-14-. The van der Waals surface area contributed by atoms with E-state index in [1.807, 2.05) is 90.6 Å². The average molecular weight is 457 g/mol. The highest BCUT2D eigenvalue weighted by atomic mass is 79.9. The molecule has 0 fully saturated rings. The fraction of sp³-hybridized carbons (Fsp3) is 0.0400. The molecule has 2 heterocycles. The summed E-state index contributed by atoms with van der Waals surface area (Å²) in [6.45, 7) is 1.96. The van der Waals surface area contributed by atoms with Crippen molar-refractivity contribution in [2.24, 2.45) is 0 Å². The van der Waals surface area contributed by atoms with Gasteiger partial charge in [0.25, 0.3) is 0 Å². The van der Waals surface area contributed by atoms with E-state index in [0.29, 0.717) is 17.1 Å². The number of carbonyl (C=O) groups excluding carboxylic acids is 1. The van der Waals surface area contributed by atoms with E-state index < -0.39 is 0 Å². The number of ketones is 1. The van der Waals surface area contributed by atoms with Crippen LogP contribution in [0.4, 0.5) is 0 Å². The Balaban J connectivity index is 1.62. The first kappa shape index (κ1) is 18.6. The molecule has 5 rings (SSSR count).